The molecule has 0 saturated carbocycles. The number of amides is 1. The predicted octanol–water partition coefficient (Wildman–Crippen LogP) is 4.43. The van der Waals surface area contributed by atoms with Crippen LogP contribution in [0.2, 0.25) is 0 Å². The van der Waals surface area contributed by atoms with Crippen molar-refractivity contribution in [2.24, 2.45) is 0 Å². The lowest BCUT2D eigenvalue weighted by atomic mass is 9.95. The highest BCUT2D eigenvalue weighted by Crippen LogP contribution is 2.42. The van der Waals surface area contributed by atoms with Crippen LogP contribution in [0.25, 0.3) is 11.0 Å². The number of aromatic nitrogens is 1. The average Bonchev–Trinajstić information content (AvgIpc) is 3.55. The van der Waals surface area contributed by atoms with Crippen LogP contribution in [0.3, 0.4) is 0 Å². The summed E-state index contributed by atoms with van der Waals surface area (Å²) in [6.45, 7) is 1.62. The van der Waals surface area contributed by atoms with Crippen LogP contribution < -0.4 is 9.64 Å². The average molecular weight is 475 g/mol. The number of methoxy groups -OCH3 is 1. The molecule has 1 atom stereocenters. The number of nitro groups is 1. The molecule has 0 aliphatic carbocycles. The number of ether oxygens (including phenoxy) is 1. The molecule has 176 valence electrons. The number of hydrogen-bond donors (Lipinski definition) is 1. The van der Waals surface area contributed by atoms with Crippen molar-refractivity contribution in [3.05, 3.63) is 93.1 Å². The first-order valence-electron chi connectivity index (χ1n) is 10.4. The van der Waals surface area contributed by atoms with E-state index in [1.165, 1.54) is 43.5 Å². The SMILES string of the molecule is COc1cccc2cc(C(=O)C3=C(O)C(=O)N(c4cc(C)on4)C3c3ccc([N+](=O)[O-])cc3)oc12. The maximum atomic E-state index is 13.6. The van der Waals surface area contributed by atoms with E-state index in [4.69, 9.17) is 13.7 Å². The van der Waals surface area contributed by atoms with Gasteiger partial charge in [0, 0.05) is 23.6 Å². The lowest BCUT2D eigenvalue weighted by Gasteiger charge is -2.24. The quantitative estimate of drug-likeness (QED) is 0.243. The summed E-state index contributed by atoms with van der Waals surface area (Å²) in [5.41, 5.74) is 0.235. The number of furan rings is 1. The van der Waals surface area contributed by atoms with Crippen molar-refractivity contribution in [3.63, 3.8) is 0 Å². The molecule has 0 radical (unpaired) electrons. The number of aliphatic hydroxyl groups is 1. The predicted molar refractivity (Wildman–Crippen MR) is 121 cm³/mol. The van der Waals surface area contributed by atoms with Crippen LogP contribution in [-0.2, 0) is 4.79 Å². The number of aryl methyl sites for hydroxylation is 1. The smallest absolute Gasteiger partial charge is 0.295 e. The molecule has 0 saturated heterocycles. The van der Waals surface area contributed by atoms with E-state index in [9.17, 15) is 24.8 Å². The van der Waals surface area contributed by atoms with Crippen LogP contribution in [-0.4, -0.2) is 34.0 Å². The lowest BCUT2D eigenvalue weighted by Crippen LogP contribution is -2.31. The van der Waals surface area contributed by atoms with Crippen LogP contribution >= 0.6 is 0 Å². The number of fused-ring (bicyclic) bond motifs is 1. The van der Waals surface area contributed by atoms with Crippen molar-refractivity contribution in [2.75, 3.05) is 12.0 Å². The molecule has 0 bridgehead atoms. The number of hydrogen-bond acceptors (Lipinski definition) is 9. The number of carbonyl (C=O) groups is 2. The Kier molecular flexibility index (Phi) is 5.09. The third kappa shape index (κ3) is 3.50. The summed E-state index contributed by atoms with van der Waals surface area (Å²) in [5, 5.41) is 26.4. The molecule has 1 N–H and O–H groups in total. The molecular formula is C24H17N3O8. The molecule has 2 aromatic carbocycles. The van der Waals surface area contributed by atoms with Crippen molar-refractivity contribution in [2.45, 2.75) is 13.0 Å². The third-order valence-electron chi connectivity index (χ3n) is 5.69. The highest BCUT2D eigenvalue weighted by molar-refractivity contribution is 6.20. The monoisotopic (exact) mass is 475 g/mol. The fraction of sp³-hybridized carbons (Fsp3) is 0.125. The Labute approximate surface area is 196 Å². The molecule has 11 heteroatoms. The molecule has 0 fully saturated rings. The first kappa shape index (κ1) is 21.9. The Bertz CT molecular complexity index is 1530. The van der Waals surface area contributed by atoms with Crippen molar-refractivity contribution >= 4 is 34.2 Å². The van der Waals surface area contributed by atoms with Crippen LogP contribution in [0, 0.1) is 17.0 Å². The number of aliphatic hydroxyl groups excluding tert-OH is 1. The van der Waals surface area contributed by atoms with E-state index in [-0.39, 0.29) is 22.8 Å². The van der Waals surface area contributed by atoms with Gasteiger partial charge < -0.3 is 18.8 Å². The van der Waals surface area contributed by atoms with E-state index >= 15 is 0 Å². The molecule has 4 aromatic rings. The standard InChI is InChI=1S/C24H17N3O8/c1-12-10-18(25-35-12)26-20(13-6-8-15(9-7-13)27(31)32)19(22(29)24(26)30)21(28)17-11-14-4-3-5-16(33-2)23(14)34-17/h3-11,20,29H,1-2H3. The number of benzene rings is 2. The maximum Gasteiger partial charge on any atom is 0.295 e. The van der Waals surface area contributed by atoms with E-state index < -0.39 is 28.4 Å². The van der Waals surface area contributed by atoms with Gasteiger partial charge in [-0.1, -0.05) is 17.3 Å². The summed E-state index contributed by atoms with van der Waals surface area (Å²) in [6.07, 6.45) is 0. The molecule has 1 amide bonds. The number of carbonyl (C=O) groups excluding carboxylic acids is 2. The van der Waals surface area contributed by atoms with Crippen LogP contribution in [0.1, 0.15) is 27.9 Å². The Hall–Kier alpha value is -4.93. The topological polar surface area (TPSA) is 149 Å². The van der Waals surface area contributed by atoms with E-state index in [1.54, 1.807) is 25.1 Å². The summed E-state index contributed by atoms with van der Waals surface area (Å²) < 4.78 is 16.1. The number of nitro benzene ring substituents is 1. The maximum absolute atomic E-state index is 13.6. The highest BCUT2D eigenvalue weighted by Gasteiger charge is 2.46. The molecular weight excluding hydrogens is 458 g/mol. The molecule has 11 nitrogen and oxygen atoms in total. The Balaban J connectivity index is 1.65. The second-order valence-corrected chi connectivity index (χ2v) is 7.80. The molecule has 3 heterocycles. The van der Waals surface area contributed by atoms with Gasteiger partial charge in [0.25, 0.3) is 11.6 Å². The summed E-state index contributed by atoms with van der Waals surface area (Å²) in [6, 6.07) is 12.3. The fourth-order valence-corrected chi connectivity index (χ4v) is 4.08. The summed E-state index contributed by atoms with van der Waals surface area (Å²) in [4.78, 5) is 38.4. The first-order chi connectivity index (χ1) is 16.8. The van der Waals surface area contributed by atoms with E-state index in [0.717, 1.165) is 4.90 Å². The molecule has 1 unspecified atom stereocenters. The van der Waals surface area contributed by atoms with Gasteiger partial charge in [-0.3, -0.25) is 24.6 Å². The highest BCUT2D eigenvalue weighted by atomic mass is 16.6. The number of ketones is 1. The van der Waals surface area contributed by atoms with Gasteiger partial charge in [-0.25, -0.2) is 0 Å². The fourth-order valence-electron chi connectivity index (χ4n) is 4.08. The molecule has 5 rings (SSSR count). The zero-order valence-corrected chi connectivity index (χ0v) is 18.4. The van der Waals surface area contributed by atoms with Gasteiger partial charge >= 0.3 is 0 Å². The van der Waals surface area contributed by atoms with Crippen LogP contribution in [0.15, 0.2) is 74.9 Å². The second-order valence-electron chi connectivity index (χ2n) is 7.80. The Morgan fingerprint density at radius 2 is 1.94 bits per heavy atom. The van der Waals surface area contributed by atoms with Gasteiger partial charge in [0.1, 0.15) is 5.76 Å². The normalized spacial score (nSPS) is 15.8. The molecule has 1 aliphatic rings. The van der Waals surface area contributed by atoms with Gasteiger partial charge in [-0.05, 0) is 36.8 Å². The largest absolute Gasteiger partial charge is 0.503 e. The van der Waals surface area contributed by atoms with Crippen molar-refractivity contribution < 1.29 is 33.3 Å². The Morgan fingerprint density at radius 1 is 1.20 bits per heavy atom. The molecule has 0 spiro atoms. The van der Waals surface area contributed by atoms with Gasteiger partial charge in [-0.2, -0.15) is 0 Å². The summed E-state index contributed by atoms with van der Waals surface area (Å²) in [7, 11) is 1.46. The van der Waals surface area contributed by atoms with Gasteiger partial charge in [0.2, 0.25) is 5.78 Å². The van der Waals surface area contributed by atoms with Crippen molar-refractivity contribution in [3.8, 4) is 5.75 Å². The van der Waals surface area contributed by atoms with Crippen molar-refractivity contribution in [1.82, 2.24) is 5.16 Å². The van der Waals surface area contributed by atoms with Gasteiger partial charge in [0.15, 0.2) is 28.7 Å². The summed E-state index contributed by atoms with van der Waals surface area (Å²) in [5.74, 6) is -1.64. The molecule has 35 heavy (non-hydrogen) atoms. The molecule has 1 aliphatic heterocycles. The zero-order valence-electron chi connectivity index (χ0n) is 18.4. The zero-order chi connectivity index (χ0) is 24.9. The third-order valence-corrected chi connectivity index (χ3v) is 5.69. The first-order valence-corrected chi connectivity index (χ1v) is 10.4. The van der Waals surface area contributed by atoms with Crippen LogP contribution in [0.5, 0.6) is 5.75 Å². The van der Waals surface area contributed by atoms with E-state index in [2.05, 4.69) is 5.16 Å². The van der Waals surface area contributed by atoms with Crippen LogP contribution in [0.4, 0.5) is 11.5 Å². The number of anilines is 1. The van der Waals surface area contributed by atoms with Gasteiger partial charge in [0.05, 0.1) is 23.6 Å². The minimum absolute atomic E-state index is 0.0662. The van der Waals surface area contributed by atoms with E-state index in [1.807, 2.05) is 0 Å². The lowest BCUT2D eigenvalue weighted by molar-refractivity contribution is -0.384. The number of non-ortho nitro benzene ring substituents is 1. The minimum Gasteiger partial charge on any atom is -0.503 e. The van der Waals surface area contributed by atoms with E-state index in [0.29, 0.717) is 28.0 Å². The number of rotatable bonds is 6. The second kappa shape index (κ2) is 8.13. The van der Waals surface area contributed by atoms with Gasteiger partial charge in [-0.15, -0.1) is 0 Å². The number of para-hydroxylation sites is 1. The Morgan fingerprint density at radius 3 is 2.57 bits per heavy atom. The number of Topliss-reactive ketones (excluding diaryl/α,β-unsaturated/α-hetero) is 1. The minimum atomic E-state index is -1.14. The number of nitrogens with zero attached hydrogens (tertiary/aromatic N) is 3. The summed E-state index contributed by atoms with van der Waals surface area (Å²) >= 11 is 0. The molecule has 2 aromatic heterocycles. The van der Waals surface area contributed by atoms with Crippen molar-refractivity contribution in [1.29, 1.82) is 0 Å².